The molecular formula is C34H42O9. The third kappa shape index (κ3) is 5.15. The molecule has 232 valence electrons. The second kappa shape index (κ2) is 11.8. The summed E-state index contributed by atoms with van der Waals surface area (Å²) in [5, 5.41) is 0. The lowest BCUT2D eigenvalue weighted by molar-refractivity contribution is -0.313. The molecule has 0 aromatic heterocycles. The van der Waals surface area contributed by atoms with Crippen LogP contribution in [0, 0.1) is 22.7 Å². The number of hydrogen-bond acceptors (Lipinski definition) is 9. The van der Waals surface area contributed by atoms with E-state index in [2.05, 4.69) is 13.8 Å². The van der Waals surface area contributed by atoms with Crippen LogP contribution in [0.2, 0.25) is 0 Å². The van der Waals surface area contributed by atoms with Gasteiger partial charge >= 0.3 is 17.9 Å². The molecule has 8 atom stereocenters. The van der Waals surface area contributed by atoms with Crippen molar-refractivity contribution in [2.24, 2.45) is 22.7 Å². The largest absolute Gasteiger partial charge is 0.493 e. The molecular weight excluding hydrogens is 552 g/mol. The first kappa shape index (κ1) is 30.9. The van der Waals surface area contributed by atoms with Crippen molar-refractivity contribution in [2.75, 3.05) is 13.2 Å². The van der Waals surface area contributed by atoms with Gasteiger partial charge in [0.1, 0.15) is 47.4 Å². The molecule has 0 radical (unpaired) electrons. The molecule has 0 N–H and O–H groups in total. The first-order valence-corrected chi connectivity index (χ1v) is 15.0. The summed E-state index contributed by atoms with van der Waals surface area (Å²) in [4.78, 5) is 38.1. The van der Waals surface area contributed by atoms with E-state index in [-0.39, 0.29) is 18.4 Å². The number of esters is 3. The predicted octanol–water partition coefficient (Wildman–Crippen LogP) is 5.15. The zero-order chi connectivity index (χ0) is 31.0. The Balaban J connectivity index is 1.79. The van der Waals surface area contributed by atoms with Crippen molar-refractivity contribution in [3.05, 3.63) is 60.7 Å². The van der Waals surface area contributed by atoms with Crippen LogP contribution in [0.3, 0.4) is 0 Å². The number of ether oxygens (including phenoxy) is 6. The van der Waals surface area contributed by atoms with E-state index < -0.39 is 58.8 Å². The van der Waals surface area contributed by atoms with Gasteiger partial charge in [0.15, 0.2) is 6.10 Å². The molecule has 0 amide bonds. The summed E-state index contributed by atoms with van der Waals surface area (Å²) in [5.41, 5.74) is -3.10. The summed E-state index contributed by atoms with van der Waals surface area (Å²) in [6.07, 6.45) is -2.50. The van der Waals surface area contributed by atoms with Crippen molar-refractivity contribution in [3.63, 3.8) is 0 Å². The highest BCUT2D eigenvalue weighted by molar-refractivity contribution is 5.68. The zero-order valence-electron chi connectivity index (χ0n) is 25.7. The lowest BCUT2D eigenvalue weighted by Gasteiger charge is -2.65. The maximum Gasteiger partial charge on any atom is 0.303 e. The maximum absolute atomic E-state index is 12.8. The number of carbonyl (C=O) groups excluding carboxylic acids is 3. The molecule has 1 spiro atoms. The van der Waals surface area contributed by atoms with Gasteiger partial charge in [-0.15, -0.1) is 0 Å². The number of benzene rings is 2. The number of hydrogen-bond donors (Lipinski definition) is 0. The maximum atomic E-state index is 12.8. The van der Waals surface area contributed by atoms with E-state index in [4.69, 9.17) is 28.4 Å². The first-order chi connectivity index (χ1) is 20.5. The Bertz CT molecular complexity index is 1310. The highest BCUT2D eigenvalue weighted by atomic mass is 16.6. The van der Waals surface area contributed by atoms with Crippen LogP contribution in [0.1, 0.15) is 54.4 Å². The van der Waals surface area contributed by atoms with Crippen molar-refractivity contribution in [3.8, 4) is 11.5 Å². The van der Waals surface area contributed by atoms with Gasteiger partial charge < -0.3 is 28.4 Å². The fraction of sp³-hybridized carbons (Fsp3) is 0.559. The molecule has 3 unspecified atom stereocenters. The number of fused-ring (bicyclic) bond motifs is 1. The smallest absolute Gasteiger partial charge is 0.303 e. The van der Waals surface area contributed by atoms with Crippen molar-refractivity contribution in [2.45, 2.75) is 84.4 Å². The molecule has 2 saturated carbocycles. The van der Waals surface area contributed by atoms with Gasteiger partial charge in [0, 0.05) is 26.2 Å². The molecule has 1 aliphatic heterocycles. The Morgan fingerprint density at radius 1 is 0.860 bits per heavy atom. The molecule has 9 heteroatoms. The minimum Gasteiger partial charge on any atom is -0.493 e. The van der Waals surface area contributed by atoms with Gasteiger partial charge in [-0.25, -0.2) is 0 Å². The normalized spacial score (nSPS) is 34.5. The number of rotatable bonds is 9. The summed E-state index contributed by atoms with van der Waals surface area (Å²) in [5.74, 6) is -0.550. The van der Waals surface area contributed by atoms with Crippen LogP contribution in [-0.2, 0) is 33.3 Å². The van der Waals surface area contributed by atoms with E-state index in [0.29, 0.717) is 30.9 Å². The Hall–Kier alpha value is -3.59. The SMILES string of the molecule is CC(=O)OC1C2(C(C)C)CO[C@]13[C@H](C)C[C@H](OC(C)=O)[C@H](OC(C)=O)[C@@]3(COc1ccccc1)C(Oc1ccccc1)C2. The average molecular weight is 595 g/mol. The van der Waals surface area contributed by atoms with E-state index in [1.165, 1.54) is 20.8 Å². The summed E-state index contributed by atoms with van der Waals surface area (Å²) in [6.45, 7) is 10.6. The lowest BCUT2D eigenvalue weighted by Crippen LogP contribution is -2.80. The van der Waals surface area contributed by atoms with Crippen molar-refractivity contribution >= 4 is 17.9 Å². The second-order valence-corrected chi connectivity index (χ2v) is 12.5. The molecule has 1 heterocycles. The molecule has 9 nitrogen and oxygen atoms in total. The van der Waals surface area contributed by atoms with E-state index >= 15 is 0 Å². The fourth-order valence-corrected chi connectivity index (χ4v) is 7.98. The Kier molecular flexibility index (Phi) is 8.49. The van der Waals surface area contributed by atoms with E-state index in [1.807, 2.05) is 67.6 Å². The molecule has 2 aliphatic carbocycles. The summed E-state index contributed by atoms with van der Waals surface area (Å²) in [7, 11) is 0. The second-order valence-electron chi connectivity index (χ2n) is 12.5. The van der Waals surface area contributed by atoms with Crippen LogP contribution in [0.4, 0.5) is 0 Å². The van der Waals surface area contributed by atoms with Crippen LogP contribution in [0.25, 0.3) is 0 Å². The third-order valence-electron chi connectivity index (χ3n) is 9.81. The van der Waals surface area contributed by atoms with Gasteiger partial charge in [0.2, 0.25) is 0 Å². The zero-order valence-corrected chi connectivity index (χ0v) is 25.7. The minimum atomic E-state index is -1.28. The topological polar surface area (TPSA) is 107 Å². The lowest BCUT2D eigenvalue weighted by atomic mass is 9.44. The summed E-state index contributed by atoms with van der Waals surface area (Å²) in [6, 6.07) is 18.7. The molecule has 2 aromatic carbocycles. The van der Waals surface area contributed by atoms with E-state index in [0.717, 1.165) is 0 Å². The van der Waals surface area contributed by atoms with Crippen molar-refractivity contribution < 1.29 is 42.8 Å². The quantitative estimate of drug-likeness (QED) is 0.288. The standard InChI is InChI=1S/C34H42O9/c1-21(2)32-18-29(43-27-15-11-8-12-16-27)33(20-38-26-13-9-7-10-14-26)30(41-24(5)36)28(40-23(4)35)17-22(3)34(33,39-19-32)31(32)42-25(6)37/h7-16,21-22,28-31H,17-20H2,1-6H3/t22-,28+,29?,30+,31?,32?,33-,34-/m1/s1. The highest BCUT2D eigenvalue weighted by Crippen LogP contribution is 2.69. The van der Waals surface area contributed by atoms with E-state index in [9.17, 15) is 14.4 Å². The molecule has 2 bridgehead atoms. The van der Waals surface area contributed by atoms with Crippen LogP contribution in [-0.4, -0.2) is 61.1 Å². The van der Waals surface area contributed by atoms with Crippen LogP contribution in [0.15, 0.2) is 60.7 Å². The average Bonchev–Trinajstić information content (AvgIpc) is 3.20. The molecule has 3 aliphatic rings. The van der Waals surface area contributed by atoms with E-state index in [1.54, 1.807) is 0 Å². The number of carbonyl (C=O) groups is 3. The highest BCUT2D eigenvalue weighted by Gasteiger charge is 2.83. The van der Waals surface area contributed by atoms with Gasteiger partial charge in [0.25, 0.3) is 0 Å². The summed E-state index contributed by atoms with van der Waals surface area (Å²) >= 11 is 0. The molecule has 3 fully saturated rings. The van der Waals surface area contributed by atoms with Crippen molar-refractivity contribution in [1.29, 1.82) is 0 Å². The Labute approximate surface area is 253 Å². The van der Waals surface area contributed by atoms with Crippen molar-refractivity contribution in [1.82, 2.24) is 0 Å². The third-order valence-corrected chi connectivity index (χ3v) is 9.81. The Morgan fingerprint density at radius 2 is 1.44 bits per heavy atom. The molecule has 1 saturated heterocycles. The van der Waals surface area contributed by atoms with Gasteiger partial charge in [-0.2, -0.15) is 0 Å². The van der Waals surface area contributed by atoms with Gasteiger partial charge in [-0.1, -0.05) is 57.2 Å². The van der Waals surface area contributed by atoms with Gasteiger partial charge in [-0.3, -0.25) is 14.4 Å². The van der Waals surface area contributed by atoms with Crippen LogP contribution < -0.4 is 9.47 Å². The van der Waals surface area contributed by atoms with Crippen LogP contribution >= 0.6 is 0 Å². The monoisotopic (exact) mass is 594 g/mol. The minimum absolute atomic E-state index is 0.0273. The molecule has 43 heavy (non-hydrogen) atoms. The number of para-hydroxylation sites is 2. The summed E-state index contributed by atoms with van der Waals surface area (Å²) < 4.78 is 38.8. The predicted molar refractivity (Wildman–Crippen MR) is 156 cm³/mol. The van der Waals surface area contributed by atoms with Crippen LogP contribution in [0.5, 0.6) is 11.5 Å². The molecule has 2 aromatic rings. The first-order valence-electron chi connectivity index (χ1n) is 15.0. The fourth-order valence-electron chi connectivity index (χ4n) is 7.98. The van der Waals surface area contributed by atoms with Gasteiger partial charge in [0.05, 0.1) is 6.61 Å². The van der Waals surface area contributed by atoms with Gasteiger partial charge in [-0.05, 0) is 48.9 Å². The molecule has 5 rings (SSSR count). The Morgan fingerprint density at radius 3 is 2.00 bits per heavy atom.